The molecule has 1 aromatic heterocycles. The molecule has 1 atom stereocenters. The summed E-state index contributed by atoms with van der Waals surface area (Å²) in [4.78, 5) is 14.2. The van der Waals surface area contributed by atoms with Gasteiger partial charge >= 0.3 is 0 Å². The van der Waals surface area contributed by atoms with Gasteiger partial charge in [-0.2, -0.15) is 0 Å². The Morgan fingerprint density at radius 1 is 1.35 bits per heavy atom. The molecule has 1 aliphatic heterocycles. The number of carbonyl (C=O) groups is 1. The topological polar surface area (TPSA) is 85.8 Å². The molecule has 1 amide bonds. The lowest BCUT2D eigenvalue weighted by Crippen LogP contribution is -2.32. The highest BCUT2D eigenvalue weighted by Crippen LogP contribution is 2.33. The van der Waals surface area contributed by atoms with E-state index in [4.69, 9.17) is 14.2 Å². The van der Waals surface area contributed by atoms with Crippen molar-refractivity contribution in [2.24, 2.45) is 0 Å². The summed E-state index contributed by atoms with van der Waals surface area (Å²) >= 11 is 1.30. The third-order valence-corrected chi connectivity index (χ3v) is 4.90. The smallest absolute Gasteiger partial charge is 0.240 e. The molecule has 2 aromatic rings. The van der Waals surface area contributed by atoms with Gasteiger partial charge < -0.3 is 14.2 Å². The molecule has 1 unspecified atom stereocenters. The zero-order chi connectivity index (χ0) is 18.5. The summed E-state index contributed by atoms with van der Waals surface area (Å²) in [5.41, 5.74) is 1.06. The maximum Gasteiger partial charge on any atom is 0.240 e. The first-order chi connectivity index (χ1) is 12.6. The number of amides is 1. The SMILES string of the molecule is COCc1nnc(NC(=O)CN(C)C(C)c2ccc3c(c2)OCCO3)s1. The van der Waals surface area contributed by atoms with Gasteiger partial charge in [0.1, 0.15) is 24.8 Å². The number of ether oxygens (including phenoxy) is 3. The molecule has 1 N–H and O–H groups in total. The summed E-state index contributed by atoms with van der Waals surface area (Å²) in [5.74, 6) is 1.37. The molecular formula is C17H22N4O4S. The average Bonchev–Trinajstić information content (AvgIpc) is 3.07. The van der Waals surface area contributed by atoms with Crippen molar-refractivity contribution in [1.82, 2.24) is 15.1 Å². The van der Waals surface area contributed by atoms with E-state index in [9.17, 15) is 4.79 Å². The van der Waals surface area contributed by atoms with Crippen LogP contribution >= 0.6 is 11.3 Å². The standard InChI is InChI=1S/C17H22N4O4S/c1-11(12-4-5-13-14(8-12)25-7-6-24-13)21(2)9-15(22)18-17-20-19-16(26-17)10-23-3/h4-5,8,11H,6-7,9-10H2,1-3H3,(H,18,20,22). The minimum atomic E-state index is -0.142. The lowest BCUT2D eigenvalue weighted by molar-refractivity contribution is -0.117. The zero-order valence-corrected chi connectivity index (χ0v) is 15.8. The van der Waals surface area contributed by atoms with Crippen molar-refractivity contribution >= 4 is 22.4 Å². The van der Waals surface area contributed by atoms with E-state index >= 15 is 0 Å². The minimum Gasteiger partial charge on any atom is -0.486 e. The highest BCUT2D eigenvalue weighted by molar-refractivity contribution is 7.15. The van der Waals surface area contributed by atoms with Gasteiger partial charge in [0.05, 0.1) is 6.54 Å². The lowest BCUT2D eigenvalue weighted by Gasteiger charge is -2.26. The molecule has 8 nitrogen and oxygen atoms in total. The van der Waals surface area contributed by atoms with Crippen LogP contribution in [0.25, 0.3) is 0 Å². The fourth-order valence-electron chi connectivity index (χ4n) is 2.58. The van der Waals surface area contributed by atoms with E-state index in [2.05, 4.69) is 15.5 Å². The molecule has 2 heterocycles. The van der Waals surface area contributed by atoms with Crippen molar-refractivity contribution in [3.63, 3.8) is 0 Å². The normalized spacial score (nSPS) is 14.3. The molecule has 1 aliphatic rings. The Hall–Kier alpha value is -2.23. The van der Waals surface area contributed by atoms with Crippen molar-refractivity contribution in [1.29, 1.82) is 0 Å². The van der Waals surface area contributed by atoms with E-state index in [1.807, 2.05) is 37.1 Å². The van der Waals surface area contributed by atoms with Crippen molar-refractivity contribution < 1.29 is 19.0 Å². The quantitative estimate of drug-likeness (QED) is 0.789. The molecule has 0 spiro atoms. The Morgan fingerprint density at radius 2 is 2.12 bits per heavy atom. The first kappa shape index (κ1) is 18.6. The molecular weight excluding hydrogens is 356 g/mol. The number of benzene rings is 1. The molecule has 140 valence electrons. The highest BCUT2D eigenvalue weighted by atomic mass is 32.1. The first-order valence-electron chi connectivity index (χ1n) is 8.27. The van der Waals surface area contributed by atoms with Crippen LogP contribution in [0.4, 0.5) is 5.13 Å². The minimum absolute atomic E-state index is 0.0371. The Bertz CT molecular complexity index is 767. The third kappa shape index (κ3) is 4.48. The van der Waals surface area contributed by atoms with E-state index in [0.29, 0.717) is 25.0 Å². The molecule has 0 bridgehead atoms. The van der Waals surface area contributed by atoms with Crippen LogP contribution in [0.1, 0.15) is 23.5 Å². The van der Waals surface area contributed by atoms with Gasteiger partial charge in [0.25, 0.3) is 0 Å². The Labute approximate surface area is 156 Å². The number of nitrogens with one attached hydrogen (secondary N) is 1. The summed E-state index contributed by atoms with van der Waals surface area (Å²) in [6, 6.07) is 5.91. The van der Waals surface area contributed by atoms with Gasteiger partial charge in [0.15, 0.2) is 11.5 Å². The molecule has 0 fully saturated rings. The van der Waals surface area contributed by atoms with Crippen LogP contribution in [0.15, 0.2) is 18.2 Å². The second-order valence-electron chi connectivity index (χ2n) is 5.98. The number of hydrogen-bond donors (Lipinski definition) is 1. The summed E-state index contributed by atoms with van der Waals surface area (Å²) < 4.78 is 16.2. The van der Waals surface area contributed by atoms with Crippen LogP contribution in [0, 0.1) is 0 Å². The maximum absolute atomic E-state index is 12.3. The molecule has 0 saturated heterocycles. The van der Waals surface area contributed by atoms with E-state index in [-0.39, 0.29) is 18.5 Å². The average molecular weight is 378 g/mol. The number of rotatable bonds is 7. The number of hydrogen-bond acceptors (Lipinski definition) is 8. The van der Waals surface area contributed by atoms with E-state index < -0.39 is 0 Å². The molecule has 1 aromatic carbocycles. The molecule has 0 radical (unpaired) electrons. The second kappa shape index (κ2) is 8.43. The Morgan fingerprint density at radius 3 is 2.88 bits per heavy atom. The van der Waals surface area contributed by atoms with Crippen LogP contribution in [0.3, 0.4) is 0 Å². The van der Waals surface area contributed by atoms with E-state index in [1.54, 1.807) is 7.11 Å². The van der Waals surface area contributed by atoms with Gasteiger partial charge in [-0.3, -0.25) is 15.0 Å². The number of aromatic nitrogens is 2. The fraction of sp³-hybridized carbons (Fsp3) is 0.471. The number of methoxy groups -OCH3 is 1. The van der Waals surface area contributed by atoms with Crippen LogP contribution in [0.2, 0.25) is 0 Å². The number of carbonyl (C=O) groups excluding carboxylic acids is 1. The van der Waals surface area contributed by atoms with Crippen LogP contribution in [-0.2, 0) is 16.1 Å². The van der Waals surface area contributed by atoms with E-state index in [1.165, 1.54) is 11.3 Å². The molecule has 0 aliphatic carbocycles. The fourth-order valence-corrected chi connectivity index (χ4v) is 3.31. The monoisotopic (exact) mass is 378 g/mol. The van der Waals surface area contributed by atoms with Gasteiger partial charge in [-0.05, 0) is 31.7 Å². The Kier molecular flexibility index (Phi) is 6.02. The lowest BCUT2D eigenvalue weighted by atomic mass is 10.1. The van der Waals surface area contributed by atoms with Gasteiger partial charge in [-0.1, -0.05) is 17.4 Å². The number of anilines is 1. The van der Waals surface area contributed by atoms with Gasteiger partial charge in [0.2, 0.25) is 11.0 Å². The predicted molar refractivity (Wildman–Crippen MR) is 97.7 cm³/mol. The summed E-state index contributed by atoms with van der Waals surface area (Å²) in [6.07, 6.45) is 0. The molecule has 26 heavy (non-hydrogen) atoms. The zero-order valence-electron chi connectivity index (χ0n) is 15.0. The van der Waals surface area contributed by atoms with Gasteiger partial charge in [0, 0.05) is 13.2 Å². The second-order valence-corrected chi connectivity index (χ2v) is 7.04. The van der Waals surface area contributed by atoms with Gasteiger partial charge in [-0.25, -0.2) is 0 Å². The van der Waals surface area contributed by atoms with E-state index in [0.717, 1.165) is 22.1 Å². The maximum atomic E-state index is 12.3. The first-order valence-corrected chi connectivity index (χ1v) is 9.09. The van der Waals surface area contributed by atoms with Crippen molar-refractivity contribution in [3.05, 3.63) is 28.8 Å². The number of nitrogens with zero attached hydrogens (tertiary/aromatic N) is 3. The van der Waals surface area contributed by atoms with Crippen LogP contribution < -0.4 is 14.8 Å². The molecule has 0 saturated carbocycles. The van der Waals surface area contributed by atoms with Gasteiger partial charge in [-0.15, -0.1) is 10.2 Å². The third-order valence-electron chi connectivity index (χ3n) is 4.08. The summed E-state index contributed by atoms with van der Waals surface area (Å²) in [6.45, 7) is 3.78. The highest BCUT2D eigenvalue weighted by Gasteiger charge is 2.19. The summed E-state index contributed by atoms with van der Waals surface area (Å²) in [5, 5.41) is 11.9. The van der Waals surface area contributed by atoms with Crippen LogP contribution in [-0.4, -0.2) is 54.9 Å². The predicted octanol–water partition coefficient (Wildman–Crippen LogP) is 2.09. The molecule has 3 rings (SSSR count). The summed E-state index contributed by atoms with van der Waals surface area (Å²) in [7, 11) is 3.49. The van der Waals surface area contributed by atoms with Crippen molar-refractivity contribution in [2.75, 3.05) is 39.2 Å². The van der Waals surface area contributed by atoms with Crippen LogP contribution in [0.5, 0.6) is 11.5 Å². The largest absolute Gasteiger partial charge is 0.486 e. The van der Waals surface area contributed by atoms with Crippen molar-refractivity contribution in [3.8, 4) is 11.5 Å². The van der Waals surface area contributed by atoms with Crippen molar-refractivity contribution in [2.45, 2.75) is 19.6 Å². The Balaban J connectivity index is 1.57. The number of fused-ring (bicyclic) bond motifs is 1. The number of likely N-dealkylation sites (N-methyl/N-ethyl adjacent to an activating group) is 1. The molecule has 9 heteroatoms.